The fourth-order valence-corrected chi connectivity index (χ4v) is 4.17. The molecule has 0 N–H and O–H groups in total. The molecule has 0 aliphatic heterocycles. The molecule has 8 nitrogen and oxygen atoms in total. The van der Waals surface area contributed by atoms with Gasteiger partial charge in [-0.1, -0.05) is 14.9 Å². The standard InChI is InChI=1S/C11H18FNO7S2/c1-8(2)11(14)19-9-4-6-10(7-5-9)21(15,16)13(3)20-22(12,17)18/h9-10H,1,4-7H2,2-3H3. The smallest absolute Gasteiger partial charge is 0.455 e. The Labute approximate surface area is 129 Å². The van der Waals surface area contributed by atoms with Crippen LogP contribution in [0.2, 0.25) is 0 Å². The van der Waals surface area contributed by atoms with Crippen molar-refractivity contribution in [3.05, 3.63) is 12.2 Å². The SMILES string of the molecule is C=C(C)C(=O)OC1CCC(S(=O)(=O)N(C)OS(=O)(=O)F)CC1. The van der Waals surface area contributed by atoms with E-state index in [1.54, 1.807) is 0 Å². The van der Waals surface area contributed by atoms with Crippen LogP contribution in [-0.4, -0.2) is 45.7 Å². The van der Waals surface area contributed by atoms with E-state index in [0.717, 1.165) is 7.05 Å². The Hall–Kier alpha value is -1.04. The lowest BCUT2D eigenvalue weighted by molar-refractivity contribution is -0.145. The second-order valence-corrected chi connectivity index (χ2v) is 8.15. The zero-order chi connectivity index (χ0) is 17.1. The van der Waals surface area contributed by atoms with E-state index in [-0.39, 0.29) is 22.9 Å². The van der Waals surface area contributed by atoms with E-state index in [0.29, 0.717) is 12.8 Å². The quantitative estimate of drug-likeness (QED) is 0.299. The van der Waals surface area contributed by atoms with Crippen molar-refractivity contribution in [2.24, 2.45) is 0 Å². The second-order valence-electron chi connectivity index (χ2n) is 5.01. The number of rotatable bonds is 6. The number of sulfonamides is 1. The van der Waals surface area contributed by atoms with E-state index in [4.69, 9.17) is 4.74 Å². The molecule has 0 spiro atoms. The lowest BCUT2D eigenvalue weighted by Gasteiger charge is -2.29. The summed E-state index contributed by atoms with van der Waals surface area (Å²) < 4.78 is 66.0. The van der Waals surface area contributed by atoms with Crippen LogP contribution in [0.15, 0.2) is 12.2 Å². The van der Waals surface area contributed by atoms with Crippen molar-refractivity contribution in [1.29, 1.82) is 0 Å². The number of carbonyl (C=O) groups excluding carboxylic acids is 1. The number of halogens is 1. The first kappa shape index (κ1) is 19.0. The van der Waals surface area contributed by atoms with Crippen LogP contribution in [0.25, 0.3) is 0 Å². The molecule has 0 heterocycles. The van der Waals surface area contributed by atoms with Gasteiger partial charge in [-0.25, -0.2) is 13.2 Å². The van der Waals surface area contributed by atoms with Crippen molar-refractivity contribution < 1.29 is 34.5 Å². The molecule has 1 rings (SSSR count). The number of ether oxygens (including phenoxy) is 1. The zero-order valence-corrected chi connectivity index (χ0v) is 13.8. The highest BCUT2D eigenvalue weighted by atomic mass is 32.3. The molecule has 1 saturated carbocycles. The summed E-state index contributed by atoms with van der Waals surface area (Å²) in [5.41, 5.74) is 0.246. The van der Waals surface area contributed by atoms with Crippen molar-refractivity contribution in [1.82, 2.24) is 4.47 Å². The summed E-state index contributed by atoms with van der Waals surface area (Å²) in [6, 6.07) is 0. The molecular formula is C11H18FNO7S2. The monoisotopic (exact) mass is 359 g/mol. The van der Waals surface area contributed by atoms with Crippen LogP contribution in [0, 0.1) is 0 Å². The largest absolute Gasteiger partial charge is 0.459 e. The predicted octanol–water partition coefficient (Wildman–Crippen LogP) is 0.824. The minimum atomic E-state index is -5.41. The Balaban J connectivity index is 2.63. The molecule has 0 aromatic rings. The van der Waals surface area contributed by atoms with Crippen molar-refractivity contribution >= 4 is 26.5 Å². The lowest BCUT2D eigenvalue weighted by atomic mass is 9.97. The molecule has 1 fully saturated rings. The number of hydroxylamine groups is 1. The van der Waals surface area contributed by atoms with Gasteiger partial charge in [0.05, 0.1) is 5.25 Å². The van der Waals surface area contributed by atoms with Crippen LogP contribution < -0.4 is 0 Å². The molecule has 22 heavy (non-hydrogen) atoms. The van der Waals surface area contributed by atoms with Gasteiger partial charge < -0.3 is 4.74 Å². The van der Waals surface area contributed by atoms with Crippen molar-refractivity contribution in [3.8, 4) is 0 Å². The summed E-state index contributed by atoms with van der Waals surface area (Å²) in [4.78, 5) is 11.4. The fourth-order valence-electron chi connectivity index (χ4n) is 2.08. The van der Waals surface area contributed by atoms with Gasteiger partial charge in [0.15, 0.2) is 0 Å². The highest BCUT2D eigenvalue weighted by Crippen LogP contribution is 2.28. The van der Waals surface area contributed by atoms with E-state index in [9.17, 15) is 25.5 Å². The third-order valence-electron chi connectivity index (χ3n) is 3.22. The molecule has 0 bridgehead atoms. The van der Waals surface area contributed by atoms with Crippen LogP contribution >= 0.6 is 0 Å². The van der Waals surface area contributed by atoms with Gasteiger partial charge in [0.1, 0.15) is 6.10 Å². The average Bonchev–Trinajstić information content (AvgIpc) is 2.37. The highest BCUT2D eigenvalue weighted by molar-refractivity contribution is 7.90. The minimum absolute atomic E-state index is 0.00717. The van der Waals surface area contributed by atoms with Gasteiger partial charge in [-0.3, -0.25) is 0 Å². The maximum absolute atomic E-state index is 12.4. The normalized spacial score (nSPS) is 23.3. The first-order valence-electron chi connectivity index (χ1n) is 6.42. The molecule has 0 aromatic carbocycles. The van der Waals surface area contributed by atoms with Crippen LogP contribution in [0.4, 0.5) is 3.89 Å². The third-order valence-corrected chi connectivity index (χ3v) is 5.82. The molecule has 1 aliphatic carbocycles. The summed E-state index contributed by atoms with van der Waals surface area (Å²) in [6.07, 6.45) is 0.428. The number of hydrogen-bond acceptors (Lipinski definition) is 7. The minimum Gasteiger partial charge on any atom is -0.459 e. The highest BCUT2D eigenvalue weighted by Gasteiger charge is 2.37. The summed E-state index contributed by atoms with van der Waals surface area (Å²) >= 11 is 0. The van der Waals surface area contributed by atoms with Crippen molar-refractivity contribution in [2.75, 3.05) is 7.05 Å². The first-order chi connectivity index (χ1) is 9.93. The van der Waals surface area contributed by atoms with Crippen LogP contribution in [0.1, 0.15) is 32.6 Å². The Bertz CT molecular complexity index is 635. The molecule has 1 aliphatic rings. The molecule has 0 aromatic heterocycles. The van der Waals surface area contributed by atoms with Crippen LogP contribution in [0.3, 0.4) is 0 Å². The molecule has 0 amide bonds. The fraction of sp³-hybridized carbons (Fsp3) is 0.727. The maximum atomic E-state index is 12.4. The molecule has 11 heteroatoms. The average molecular weight is 359 g/mol. The summed E-state index contributed by atoms with van der Waals surface area (Å²) in [6.45, 7) is 4.95. The van der Waals surface area contributed by atoms with E-state index >= 15 is 0 Å². The Morgan fingerprint density at radius 1 is 1.18 bits per heavy atom. The Morgan fingerprint density at radius 3 is 2.09 bits per heavy atom. The van der Waals surface area contributed by atoms with Crippen molar-refractivity contribution in [3.63, 3.8) is 0 Å². The summed E-state index contributed by atoms with van der Waals surface area (Å²) in [5.74, 6) is -0.546. The lowest BCUT2D eigenvalue weighted by Crippen LogP contribution is -2.40. The third kappa shape index (κ3) is 5.30. The Morgan fingerprint density at radius 2 is 1.68 bits per heavy atom. The van der Waals surface area contributed by atoms with E-state index < -0.39 is 37.9 Å². The second kappa shape index (κ2) is 7.02. The molecule has 0 radical (unpaired) electrons. The first-order valence-corrected chi connectivity index (χ1v) is 9.23. The van der Waals surface area contributed by atoms with Crippen molar-refractivity contribution in [2.45, 2.75) is 44.0 Å². The zero-order valence-electron chi connectivity index (χ0n) is 12.2. The summed E-state index contributed by atoms with van der Waals surface area (Å²) in [7, 11) is -8.74. The molecule has 0 unspecified atom stereocenters. The van der Waals surface area contributed by atoms with Crippen LogP contribution in [-0.2, 0) is 34.3 Å². The van der Waals surface area contributed by atoms with Gasteiger partial charge in [0.2, 0.25) is 10.0 Å². The number of hydrogen-bond donors (Lipinski definition) is 0. The van der Waals surface area contributed by atoms with Gasteiger partial charge in [-0.15, -0.1) is 4.28 Å². The summed E-state index contributed by atoms with van der Waals surface area (Å²) in [5, 5.41) is -0.931. The molecule has 0 saturated heterocycles. The van der Waals surface area contributed by atoms with E-state index in [1.165, 1.54) is 6.92 Å². The molecule has 128 valence electrons. The van der Waals surface area contributed by atoms with Gasteiger partial charge in [-0.2, -0.15) is 8.42 Å². The van der Waals surface area contributed by atoms with Gasteiger partial charge in [0, 0.05) is 12.6 Å². The van der Waals surface area contributed by atoms with Gasteiger partial charge >= 0.3 is 16.5 Å². The van der Waals surface area contributed by atoms with Gasteiger partial charge in [-0.05, 0) is 32.6 Å². The van der Waals surface area contributed by atoms with Crippen LogP contribution in [0.5, 0.6) is 0 Å². The van der Waals surface area contributed by atoms with E-state index in [2.05, 4.69) is 10.9 Å². The van der Waals surface area contributed by atoms with E-state index in [1.807, 2.05) is 0 Å². The number of carbonyl (C=O) groups is 1. The molecular weight excluding hydrogens is 341 g/mol. The molecule has 0 atom stereocenters. The van der Waals surface area contributed by atoms with Gasteiger partial charge in [0.25, 0.3) is 0 Å². The Kier molecular flexibility index (Phi) is 6.07. The predicted molar refractivity (Wildman–Crippen MR) is 74.7 cm³/mol. The number of esters is 1. The number of nitrogens with zero attached hydrogens (tertiary/aromatic N) is 1. The topological polar surface area (TPSA) is 107 Å². The maximum Gasteiger partial charge on any atom is 0.455 e.